The summed E-state index contributed by atoms with van der Waals surface area (Å²) in [6.07, 6.45) is 0. The molecule has 1 atom stereocenters. The molecule has 0 radical (unpaired) electrons. The van der Waals surface area contributed by atoms with Crippen LogP contribution in [0.3, 0.4) is 0 Å². The van der Waals surface area contributed by atoms with Gasteiger partial charge < -0.3 is 0 Å². The molecule has 0 saturated carbocycles. The summed E-state index contributed by atoms with van der Waals surface area (Å²) >= 11 is 0. The van der Waals surface area contributed by atoms with Crippen LogP contribution in [0, 0.1) is 5.41 Å². The van der Waals surface area contributed by atoms with Crippen LogP contribution < -0.4 is 0 Å². The van der Waals surface area contributed by atoms with Gasteiger partial charge in [0, 0.05) is 14.2 Å². The molecule has 0 spiro atoms. The summed E-state index contributed by atoms with van der Waals surface area (Å²) in [6, 6.07) is 2.15. The largest absolute Gasteiger partial charge is 0.299 e. The van der Waals surface area contributed by atoms with Crippen LogP contribution in [0.25, 0.3) is 0 Å². The van der Waals surface area contributed by atoms with E-state index in [1.807, 2.05) is 0 Å². The number of carbonyl (C=O) groups is 1. The van der Waals surface area contributed by atoms with Crippen molar-refractivity contribution < 1.29 is 4.79 Å². The van der Waals surface area contributed by atoms with Gasteiger partial charge in [0.05, 0.1) is 0 Å². The van der Waals surface area contributed by atoms with E-state index in [0.29, 0.717) is 5.78 Å². The van der Waals surface area contributed by atoms with Crippen molar-refractivity contribution in [1.82, 2.24) is 0 Å². The third kappa shape index (κ3) is 1.23. The summed E-state index contributed by atoms with van der Waals surface area (Å²) in [5.41, 5.74) is 0.0473. The Labute approximate surface area is 58.1 Å². The topological polar surface area (TPSA) is 17.1 Å². The standard InChI is InChI=1S/C7H14OSi/c1-7(2)5-9(3)4-6(7)8/h9H,4-5H2,1-3H3/t9-/m0/s1. The van der Waals surface area contributed by atoms with Crippen LogP contribution in [0.4, 0.5) is 0 Å². The van der Waals surface area contributed by atoms with Crippen molar-refractivity contribution in [3.05, 3.63) is 0 Å². The smallest absolute Gasteiger partial charge is 0.135 e. The van der Waals surface area contributed by atoms with Crippen molar-refractivity contribution >= 4 is 14.6 Å². The third-order valence-corrected chi connectivity index (χ3v) is 4.93. The van der Waals surface area contributed by atoms with E-state index in [1.165, 1.54) is 6.04 Å². The number of hydrogen-bond donors (Lipinski definition) is 0. The Kier molecular flexibility index (Phi) is 1.51. The first-order chi connectivity index (χ1) is 4.02. The molecule has 0 unspecified atom stereocenters. The summed E-state index contributed by atoms with van der Waals surface area (Å²) in [7, 11) is -0.582. The lowest BCUT2D eigenvalue weighted by molar-refractivity contribution is -0.122. The van der Waals surface area contributed by atoms with E-state index in [0.717, 1.165) is 6.04 Å². The van der Waals surface area contributed by atoms with Crippen LogP contribution in [-0.2, 0) is 4.79 Å². The molecule has 1 nitrogen and oxygen atoms in total. The van der Waals surface area contributed by atoms with Gasteiger partial charge in [-0.15, -0.1) is 0 Å². The fraction of sp³-hybridized carbons (Fsp3) is 0.857. The maximum absolute atomic E-state index is 11.1. The first kappa shape index (κ1) is 7.00. The van der Waals surface area contributed by atoms with Gasteiger partial charge in [-0.1, -0.05) is 20.4 Å². The Morgan fingerprint density at radius 1 is 1.56 bits per heavy atom. The molecule has 52 valence electrons. The highest BCUT2D eigenvalue weighted by Gasteiger charge is 2.37. The Hall–Kier alpha value is -0.113. The molecule has 0 N–H and O–H groups in total. The Bertz CT molecular complexity index is 140. The third-order valence-electron chi connectivity index (χ3n) is 2.15. The molecular formula is C7H14OSi. The maximum Gasteiger partial charge on any atom is 0.135 e. The van der Waals surface area contributed by atoms with Gasteiger partial charge in [-0.2, -0.15) is 0 Å². The molecule has 0 bridgehead atoms. The van der Waals surface area contributed by atoms with Crippen molar-refractivity contribution in [3.63, 3.8) is 0 Å². The minimum Gasteiger partial charge on any atom is -0.299 e. The molecule has 0 amide bonds. The SMILES string of the molecule is C[Si@H]1CC(=O)C(C)(C)C1. The van der Waals surface area contributed by atoms with Gasteiger partial charge >= 0.3 is 0 Å². The van der Waals surface area contributed by atoms with Crippen molar-refractivity contribution in [2.75, 3.05) is 0 Å². The second-order valence-corrected chi connectivity index (χ2v) is 6.85. The molecule has 1 heterocycles. The van der Waals surface area contributed by atoms with Crippen molar-refractivity contribution in [2.24, 2.45) is 5.41 Å². The number of Topliss-reactive ketones (excluding diaryl/α,β-unsaturated/α-hetero) is 1. The van der Waals surface area contributed by atoms with Crippen LogP contribution in [0.5, 0.6) is 0 Å². The summed E-state index contributed by atoms with van der Waals surface area (Å²) in [5, 5.41) is 0. The van der Waals surface area contributed by atoms with Crippen molar-refractivity contribution in [3.8, 4) is 0 Å². The lowest BCUT2D eigenvalue weighted by atomic mass is 9.92. The predicted octanol–water partition coefficient (Wildman–Crippen LogP) is 1.45. The zero-order chi connectivity index (χ0) is 7.07. The highest BCUT2D eigenvalue weighted by Crippen LogP contribution is 2.34. The molecule has 9 heavy (non-hydrogen) atoms. The van der Waals surface area contributed by atoms with Crippen molar-refractivity contribution in [2.45, 2.75) is 32.5 Å². The predicted molar refractivity (Wildman–Crippen MR) is 41.4 cm³/mol. The lowest BCUT2D eigenvalue weighted by Crippen LogP contribution is -2.15. The minimum absolute atomic E-state index is 0.0473. The fourth-order valence-corrected chi connectivity index (χ4v) is 4.95. The lowest BCUT2D eigenvalue weighted by Gasteiger charge is -2.13. The molecule has 0 aromatic heterocycles. The van der Waals surface area contributed by atoms with Gasteiger partial charge in [0.1, 0.15) is 5.78 Å². The van der Waals surface area contributed by atoms with Gasteiger partial charge in [0.25, 0.3) is 0 Å². The van der Waals surface area contributed by atoms with Crippen LogP contribution in [0.2, 0.25) is 18.6 Å². The average Bonchev–Trinajstić information content (AvgIpc) is 1.79. The summed E-state index contributed by atoms with van der Waals surface area (Å²) in [6.45, 7) is 6.43. The van der Waals surface area contributed by atoms with Gasteiger partial charge in [-0.25, -0.2) is 0 Å². The fourth-order valence-electron chi connectivity index (χ4n) is 1.65. The molecule has 1 aliphatic rings. The number of rotatable bonds is 0. The van der Waals surface area contributed by atoms with Gasteiger partial charge in [-0.3, -0.25) is 4.79 Å². The first-order valence-corrected chi connectivity index (χ1v) is 6.34. The molecule has 1 saturated heterocycles. The quantitative estimate of drug-likeness (QED) is 0.468. The van der Waals surface area contributed by atoms with Crippen LogP contribution in [0.15, 0.2) is 0 Å². The molecule has 2 heteroatoms. The zero-order valence-electron chi connectivity index (χ0n) is 6.40. The normalized spacial score (nSPS) is 33.2. The molecule has 1 rings (SSSR count). The Morgan fingerprint density at radius 3 is 2.22 bits per heavy atom. The molecular weight excluding hydrogens is 128 g/mol. The first-order valence-electron chi connectivity index (χ1n) is 3.56. The Morgan fingerprint density at radius 2 is 2.11 bits per heavy atom. The average molecular weight is 142 g/mol. The van der Waals surface area contributed by atoms with Crippen LogP contribution in [0.1, 0.15) is 13.8 Å². The van der Waals surface area contributed by atoms with E-state index in [-0.39, 0.29) is 5.41 Å². The van der Waals surface area contributed by atoms with E-state index in [2.05, 4.69) is 20.4 Å². The van der Waals surface area contributed by atoms with Gasteiger partial charge in [-0.05, 0) is 12.1 Å². The summed E-state index contributed by atoms with van der Waals surface area (Å²) < 4.78 is 0. The second kappa shape index (κ2) is 1.94. The summed E-state index contributed by atoms with van der Waals surface area (Å²) in [5.74, 6) is 0.502. The number of ketones is 1. The molecule has 1 aliphatic heterocycles. The van der Waals surface area contributed by atoms with Gasteiger partial charge in [0.15, 0.2) is 0 Å². The highest BCUT2D eigenvalue weighted by molar-refractivity contribution is 6.64. The Balaban J connectivity index is 2.70. The van der Waals surface area contributed by atoms with Gasteiger partial charge in [0.2, 0.25) is 0 Å². The van der Waals surface area contributed by atoms with Crippen LogP contribution in [-0.4, -0.2) is 14.6 Å². The van der Waals surface area contributed by atoms with E-state index >= 15 is 0 Å². The monoisotopic (exact) mass is 142 g/mol. The maximum atomic E-state index is 11.1. The molecule has 0 aromatic carbocycles. The molecule has 1 fully saturated rings. The zero-order valence-corrected chi connectivity index (χ0v) is 7.55. The van der Waals surface area contributed by atoms with E-state index in [4.69, 9.17) is 0 Å². The molecule has 0 aromatic rings. The number of hydrogen-bond acceptors (Lipinski definition) is 1. The second-order valence-electron chi connectivity index (χ2n) is 3.82. The highest BCUT2D eigenvalue weighted by atomic mass is 28.3. The number of carbonyl (C=O) groups excluding carboxylic acids is 1. The van der Waals surface area contributed by atoms with E-state index in [9.17, 15) is 4.79 Å². The molecule has 0 aliphatic carbocycles. The minimum atomic E-state index is -0.582. The summed E-state index contributed by atoms with van der Waals surface area (Å²) in [4.78, 5) is 11.1. The van der Waals surface area contributed by atoms with E-state index in [1.54, 1.807) is 0 Å². The van der Waals surface area contributed by atoms with E-state index < -0.39 is 8.80 Å². The van der Waals surface area contributed by atoms with Crippen molar-refractivity contribution in [1.29, 1.82) is 0 Å². The van der Waals surface area contributed by atoms with Crippen LogP contribution >= 0.6 is 0 Å².